The van der Waals surface area contributed by atoms with Crippen LogP contribution in [0.5, 0.6) is 5.75 Å². The zero-order chi connectivity index (χ0) is 20.1. The molecule has 0 unspecified atom stereocenters. The molecule has 1 heterocycles. The smallest absolute Gasteiger partial charge is 0.263 e. The molecule has 1 aromatic heterocycles. The third-order valence-electron chi connectivity index (χ3n) is 4.23. The summed E-state index contributed by atoms with van der Waals surface area (Å²) in [5.41, 5.74) is 0.851. The number of hydrogen-bond donors (Lipinski definition) is 0. The average Bonchev–Trinajstić information content (AvgIpc) is 3.08. The van der Waals surface area contributed by atoms with E-state index in [9.17, 15) is 9.18 Å². The van der Waals surface area contributed by atoms with Crippen LogP contribution in [0.4, 0.5) is 9.52 Å². The Labute approximate surface area is 168 Å². The van der Waals surface area contributed by atoms with Gasteiger partial charge in [-0.3, -0.25) is 9.69 Å². The van der Waals surface area contributed by atoms with Gasteiger partial charge in [0.15, 0.2) is 5.13 Å². The molecule has 0 spiro atoms. The van der Waals surface area contributed by atoms with Gasteiger partial charge in [0, 0.05) is 6.54 Å². The van der Waals surface area contributed by atoms with Gasteiger partial charge in [-0.1, -0.05) is 23.5 Å². The summed E-state index contributed by atoms with van der Waals surface area (Å²) >= 11 is 1.41. The molecule has 0 atom stereocenters. The molecule has 0 bridgehead atoms. The SMILES string of the molecule is CCOc1ccc2nc(N(CCCN(C)C)C(=O)c3ccccc3F)sc2c1. The van der Waals surface area contributed by atoms with Crippen molar-refractivity contribution >= 4 is 32.6 Å². The van der Waals surface area contributed by atoms with Gasteiger partial charge in [0.25, 0.3) is 5.91 Å². The minimum atomic E-state index is -0.523. The first-order valence-corrected chi connectivity index (χ1v) is 10.1. The second-order valence-corrected chi connectivity index (χ2v) is 7.66. The molecule has 2 aromatic carbocycles. The Kier molecular flexibility index (Phi) is 6.59. The highest BCUT2D eigenvalue weighted by Crippen LogP contribution is 2.32. The van der Waals surface area contributed by atoms with E-state index in [4.69, 9.17) is 4.74 Å². The molecule has 0 N–H and O–H groups in total. The zero-order valence-electron chi connectivity index (χ0n) is 16.3. The molecule has 0 saturated carbocycles. The molecule has 0 radical (unpaired) electrons. The van der Waals surface area contributed by atoms with Gasteiger partial charge in [0.1, 0.15) is 11.6 Å². The average molecular weight is 402 g/mol. The predicted molar refractivity (Wildman–Crippen MR) is 112 cm³/mol. The van der Waals surface area contributed by atoms with E-state index in [-0.39, 0.29) is 11.5 Å². The van der Waals surface area contributed by atoms with Crippen molar-refractivity contribution in [2.75, 3.05) is 38.7 Å². The number of halogens is 1. The monoisotopic (exact) mass is 401 g/mol. The Morgan fingerprint density at radius 3 is 2.68 bits per heavy atom. The van der Waals surface area contributed by atoms with Crippen LogP contribution >= 0.6 is 11.3 Å². The summed E-state index contributed by atoms with van der Waals surface area (Å²) in [5.74, 6) is -0.129. The van der Waals surface area contributed by atoms with Gasteiger partial charge in [0.2, 0.25) is 0 Å². The third kappa shape index (κ3) is 4.66. The maximum atomic E-state index is 14.2. The summed E-state index contributed by atoms with van der Waals surface area (Å²) in [6.45, 7) is 3.80. The topological polar surface area (TPSA) is 45.7 Å². The lowest BCUT2D eigenvalue weighted by atomic mass is 10.2. The van der Waals surface area contributed by atoms with E-state index in [1.165, 1.54) is 23.5 Å². The fraction of sp³-hybridized carbons (Fsp3) is 0.333. The molecule has 0 aliphatic rings. The molecular formula is C21H24FN3O2S. The maximum absolute atomic E-state index is 14.2. The standard InChI is InChI=1S/C21H24FN3O2S/c1-4-27-15-10-11-18-19(14-15)28-21(23-18)25(13-7-12-24(2)3)20(26)16-8-5-6-9-17(16)22/h5-6,8-11,14H,4,7,12-13H2,1-3H3. The normalized spacial score (nSPS) is 11.2. The van der Waals surface area contributed by atoms with Gasteiger partial charge in [-0.15, -0.1) is 0 Å². The van der Waals surface area contributed by atoms with Gasteiger partial charge < -0.3 is 9.64 Å². The molecule has 0 saturated heterocycles. The lowest BCUT2D eigenvalue weighted by Crippen LogP contribution is -2.34. The number of carbonyl (C=O) groups is 1. The number of hydrogen-bond acceptors (Lipinski definition) is 5. The molecule has 5 nitrogen and oxygen atoms in total. The second-order valence-electron chi connectivity index (χ2n) is 6.65. The highest BCUT2D eigenvalue weighted by Gasteiger charge is 2.23. The van der Waals surface area contributed by atoms with Crippen LogP contribution in [0.2, 0.25) is 0 Å². The predicted octanol–water partition coefficient (Wildman–Crippen LogP) is 4.43. The van der Waals surface area contributed by atoms with E-state index in [1.54, 1.807) is 17.0 Å². The van der Waals surface area contributed by atoms with Gasteiger partial charge in [-0.05, 0) is 64.3 Å². The van der Waals surface area contributed by atoms with Crippen LogP contribution in [0.3, 0.4) is 0 Å². The number of rotatable bonds is 8. The summed E-state index contributed by atoms with van der Waals surface area (Å²) in [6.07, 6.45) is 0.757. The van der Waals surface area contributed by atoms with Crippen molar-refractivity contribution in [2.45, 2.75) is 13.3 Å². The van der Waals surface area contributed by atoms with Crippen molar-refractivity contribution in [2.24, 2.45) is 0 Å². The van der Waals surface area contributed by atoms with Crippen molar-refractivity contribution in [3.8, 4) is 5.75 Å². The molecular weight excluding hydrogens is 377 g/mol. The van der Waals surface area contributed by atoms with Crippen LogP contribution in [0.25, 0.3) is 10.2 Å². The number of aromatic nitrogens is 1. The summed E-state index contributed by atoms with van der Waals surface area (Å²) in [4.78, 5) is 21.4. The van der Waals surface area contributed by atoms with Gasteiger partial charge in [-0.2, -0.15) is 0 Å². The molecule has 0 aliphatic carbocycles. The first-order valence-electron chi connectivity index (χ1n) is 9.24. The van der Waals surface area contributed by atoms with Crippen molar-refractivity contribution in [1.82, 2.24) is 9.88 Å². The first-order chi connectivity index (χ1) is 13.5. The Morgan fingerprint density at radius 2 is 1.96 bits per heavy atom. The van der Waals surface area contributed by atoms with Crippen molar-refractivity contribution in [3.05, 3.63) is 53.8 Å². The summed E-state index contributed by atoms with van der Waals surface area (Å²) in [5, 5.41) is 0.565. The van der Waals surface area contributed by atoms with Crippen LogP contribution < -0.4 is 9.64 Å². The van der Waals surface area contributed by atoms with Gasteiger partial charge in [-0.25, -0.2) is 9.37 Å². The van der Waals surface area contributed by atoms with Crippen LogP contribution in [0.15, 0.2) is 42.5 Å². The number of thiazole rings is 1. The van der Waals surface area contributed by atoms with E-state index in [2.05, 4.69) is 9.88 Å². The molecule has 3 rings (SSSR count). The Balaban J connectivity index is 1.94. The fourth-order valence-corrected chi connectivity index (χ4v) is 3.89. The fourth-order valence-electron chi connectivity index (χ4n) is 2.87. The molecule has 1 amide bonds. The number of amides is 1. The Hall–Kier alpha value is -2.51. The molecule has 0 fully saturated rings. The number of carbonyl (C=O) groups excluding carboxylic acids is 1. The number of ether oxygens (including phenoxy) is 1. The van der Waals surface area contributed by atoms with E-state index < -0.39 is 5.82 Å². The van der Waals surface area contributed by atoms with Gasteiger partial charge in [0.05, 0.1) is 22.4 Å². The van der Waals surface area contributed by atoms with Crippen molar-refractivity contribution in [3.63, 3.8) is 0 Å². The van der Waals surface area contributed by atoms with Crippen LogP contribution in [-0.4, -0.2) is 49.6 Å². The molecule has 7 heteroatoms. The number of nitrogens with zero attached hydrogens (tertiary/aromatic N) is 3. The maximum Gasteiger partial charge on any atom is 0.263 e. The lowest BCUT2D eigenvalue weighted by Gasteiger charge is -2.21. The second kappa shape index (κ2) is 9.12. The minimum absolute atomic E-state index is 0.0571. The van der Waals surface area contributed by atoms with Crippen molar-refractivity contribution < 1.29 is 13.9 Å². The minimum Gasteiger partial charge on any atom is -0.494 e. The van der Waals surface area contributed by atoms with Gasteiger partial charge >= 0.3 is 0 Å². The summed E-state index contributed by atoms with van der Waals surface area (Å²) in [6, 6.07) is 11.7. The number of fused-ring (bicyclic) bond motifs is 1. The zero-order valence-corrected chi connectivity index (χ0v) is 17.1. The Morgan fingerprint density at radius 1 is 1.18 bits per heavy atom. The van der Waals surface area contributed by atoms with Crippen LogP contribution in [0.1, 0.15) is 23.7 Å². The first kappa shape index (κ1) is 20.2. The Bertz CT molecular complexity index is 958. The van der Waals surface area contributed by atoms with Crippen LogP contribution in [0, 0.1) is 5.82 Å². The number of benzene rings is 2. The highest BCUT2D eigenvalue weighted by molar-refractivity contribution is 7.22. The molecule has 0 aliphatic heterocycles. The quantitative estimate of drug-likeness (QED) is 0.560. The third-order valence-corrected chi connectivity index (χ3v) is 5.27. The van der Waals surface area contributed by atoms with E-state index in [1.807, 2.05) is 39.2 Å². The largest absolute Gasteiger partial charge is 0.494 e. The highest BCUT2D eigenvalue weighted by atomic mass is 32.1. The van der Waals surface area contributed by atoms with Crippen molar-refractivity contribution in [1.29, 1.82) is 0 Å². The summed E-state index contributed by atoms with van der Waals surface area (Å²) < 4.78 is 20.7. The molecule has 148 valence electrons. The molecule has 3 aromatic rings. The van der Waals surface area contributed by atoms with E-state index in [0.29, 0.717) is 18.3 Å². The summed E-state index contributed by atoms with van der Waals surface area (Å²) in [7, 11) is 3.96. The number of anilines is 1. The molecule has 28 heavy (non-hydrogen) atoms. The van der Waals surface area contributed by atoms with E-state index >= 15 is 0 Å². The van der Waals surface area contributed by atoms with E-state index in [0.717, 1.165) is 28.9 Å². The lowest BCUT2D eigenvalue weighted by molar-refractivity contribution is 0.0982. The van der Waals surface area contributed by atoms with Crippen LogP contribution in [-0.2, 0) is 0 Å².